The molecular weight excluding hydrogens is 236 g/mol. The molecule has 0 saturated carbocycles. The zero-order valence-corrected chi connectivity index (χ0v) is 10.5. The first-order valence-corrected chi connectivity index (χ1v) is 6.30. The summed E-state index contributed by atoms with van der Waals surface area (Å²) in [5, 5.41) is 3.02. The second-order valence-electron chi connectivity index (χ2n) is 4.82. The number of anilines is 2. The highest BCUT2D eigenvalue weighted by molar-refractivity contribution is 5.66. The van der Waals surface area contributed by atoms with Crippen LogP contribution in [0.2, 0.25) is 0 Å². The molecule has 1 aliphatic heterocycles. The third kappa shape index (κ3) is 2.90. The fourth-order valence-corrected chi connectivity index (χ4v) is 2.30. The summed E-state index contributed by atoms with van der Waals surface area (Å²) >= 11 is 0. The number of hydrogen-bond acceptors (Lipinski definition) is 3. The van der Waals surface area contributed by atoms with E-state index in [2.05, 4.69) is 17.1 Å². The van der Waals surface area contributed by atoms with E-state index in [-0.39, 0.29) is 5.69 Å². The van der Waals surface area contributed by atoms with Gasteiger partial charge in [-0.1, -0.05) is 0 Å². The van der Waals surface area contributed by atoms with Crippen LogP contribution in [-0.4, -0.2) is 30.6 Å². The first-order valence-electron chi connectivity index (χ1n) is 6.30. The van der Waals surface area contributed by atoms with E-state index < -0.39 is 11.6 Å². The van der Waals surface area contributed by atoms with E-state index in [4.69, 9.17) is 5.73 Å². The Labute approximate surface area is 106 Å². The molecule has 3 nitrogen and oxygen atoms in total. The fraction of sp³-hybridized carbons (Fsp3) is 0.538. The summed E-state index contributed by atoms with van der Waals surface area (Å²) in [6, 6.07) is 2.36. The van der Waals surface area contributed by atoms with Crippen molar-refractivity contribution in [2.75, 3.05) is 30.7 Å². The molecular formula is C13H19F2N3. The Hall–Kier alpha value is -1.36. The number of nitrogens with one attached hydrogen (secondary N) is 1. The Bertz CT molecular complexity index is 417. The van der Waals surface area contributed by atoms with Gasteiger partial charge in [0.05, 0.1) is 11.4 Å². The van der Waals surface area contributed by atoms with Crippen molar-refractivity contribution >= 4 is 11.4 Å². The third-order valence-corrected chi connectivity index (χ3v) is 3.45. The van der Waals surface area contributed by atoms with Crippen molar-refractivity contribution in [2.45, 2.75) is 25.8 Å². The molecule has 1 saturated heterocycles. The molecule has 1 aromatic carbocycles. The van der Waals surface area contributed by atoms with Gasteiger partial charge in [-0.25, -0.2) is 8.78 Å². The number of benzene rings is 1. The predicted octanol–water partition coefficient (Wildman–Crippen LogP) is 2.44. The van der Waals surface area contributed by atoms with Crippen molar-refractivity contribution in [1.82, 2.24) is 4.90 Å². The minimum absolute atomic E-state index is 0.0231. The van der Waals surface area contributed by atoms with Crippen LogP contribution in [0.15, 0.2) is 12.1 Å². The summed E-state index contributed by atoms with van der Waals surface area (Å²) in [6.07, 6.45) is 2.45. The van der Waals surface area contributed by atoms with E-state index >= 15 is 0 Å². The first kappa shape index (κ1) is 13.1. The van der Waals surface area contributed by atoms with Crippen LogP contribution in [0.3, 0.4) is 0 Å². The first-order chi connectivity index (χ1) is 8.58. The van der Waals surface area contributed by atoms with Gasteiger partial charge in [-0.05, 0) is 38.9 Å². The maximum Gasteiger partial charge on any atom is 0.151 e. The van der Waals surface area contributed by atoms with Crippen LogP contribution >= 0.6 is 0 Å². The standard InChI is InChI=1S/C13H19F2N3/c1-9(18-4-2-3-5-18)8-17-12-7-10(14)6-11(15)13(12)16/h6-7,9,17H,2-5,8,16H2,1H3. The van der Waals surface area contributed by atoms with E-state index in [9.17, 15) is 8.78 Å². The monoisotopic (exact) mass is 255 g/mol. The van der Waals surface area contributed by atoms with E-state index in [0.29, 0.717) is 18.3 Å². The molecule has 0 spiro atoms. The lowest BCUT2D eigenvalue weighted by atomic mass is 10.2. The number of nitrogen functional groups attached to an aromatic ring is 1. The SMILES string of the molecule is CC(CNc1cc(F)cc(F)c1N)N1CCCC1. The Morgan fingerprint density at radius 3 is 2.67 bits per heavy atom. The second kappa shape index (κ2) is 5.52. The average molecular weight is 255 g/mol. The van der Waals surface area contributed by atoms with Crippen LogP contribution < -0.4 is 11.1 Å². The van der Waals surface area contributed by atoms with E-state index in [0.717, 1.165) is 19.2 Å². The van der Waals surface area contributed by atoms with Crippen LogP contribution in [0.25, 0.3) is 0 Å². The summed E-state index contributed by atoms with van der Waals surface area (Å²) in [6.45, 7) is 4.92. The largest absolute Gasteiger partial charge is 0.395 e. The fourth-order valence-electron chi connectivity index (χ4n) is 2.30. The lowest BCUT2D eigenvalue weighted by Crippen LogP contribution is -2.35. The molecule has 2 rings (SSSR count). The minimum atomic E-state index is -0.716. The van der Waals surface area contributed by atoms with Gasteiger partial charge in [0, 0.05) is 18.7 Å². The lowest BCUT2D eigenvalue weighted by Gasteiger charge is -2.24. The normalized spacial score (nSPS) is 17.9. The molecule has 5 heteroatoms. The van der Waals surface area contributed by atoms with Gasteiger partial charge in [0.25, 0.3) is 0 Å². The molecule has 0 aliphatic carbocycles. The number of rotatable bonds is 4. The summed E-state index contributed by atoms with van der Waals surface area (Å²) in [4.78, 5) is 2.36. The summed E-state index contributed by atoms with van der Waals surface area (Å²) in [7, 11) is 0. The Morgan fingerprint density at radius 1 is 1.33 bits per heavy atom. The van der Waals surface area contributed by atoms with Gasteiger partial charge in [0.2, 0.25) is 0 Å². The van der Waals surface area contributed by atoms with Gasteiger partial charge < -0.3 is 11.1 Å². The molecule has 1 aromatic rings. The predicted molar refractivity (Wildman–Crippen MR) is 69.5 cm³/mol. The molecule has 0 bridgehead atoms. The number of hydrogen-bond donors (Lipinski definition) is 2. The van der Waals surface area contributed by atoms with Crippen molar-refractivity contribution in [3.05, 3.63) is 23.8 Å². The van der Waals surface area contributed by atoms with E-state index in [1.54, 1.807) is 0 Å². The van der Waals surface area contributed by atoms with E-state index in [1.807, 2.05) is 0 Å². The second-order valence-corrected chi connectivity index (χ2v) is 4.82. The van der Waals surface area contributed by atoms with Crippen LogP contribution in [0, 0.1) is 11.6 Å². The topological polar surface area (TPSA) is 41.3 Å². The Kier molecular flexibility index (Phi) is 4.01. The quantitative estimate of drug-likeness (QED) is 0.812. The van der Waals surface area contributed by atoms with Crippen LogP contribution in [-0.2, 0) is 0 Å². The zero-order valence-electron chi connectivity index (χ0n) is 10.5. The molecule has 100 valence electrons. The van der Waals surface area contributed by atoms with Crippen molar-refractivity contribution < 1.29 is 8.78 Å². The molecule has 1 fully saturated rings. The van der Waals surface area contributed by atoms with Gasteiger partial charge in [0.1, 0.15) is 5.82 Å². The Morgan fingerprint density at radius 2 is 2.00 bits per heavy atom. The minimum Gasteiger partial charge on any atom is -0.395 e. The van der Waals surface area contributed by atoms with Crippen molar-refractivity contribution in [3.8, 4) is 0 Å². The van der Waals surface area contributed by atoms with Crippen molar-refractivity contribution in [3.63, 3.8) is 0 Å². The maximum absolute atomic E-state index is 13.2. The summed E-state index contributed by atoms with van der Waals surface area (Å²) < 4.78 is 26.3. The van der Waals surface area contributed by atoms with Gasteiger partial charge in [-0.3, -0.25) is 4.90 Å². The number of nitrogens with zero attached hydrogens (tertiary/aromatic N) is 1. The van der Waals surface area contributed by atoms with E-state index in [1.165, 1.54) is 18.9 Å². The number of halogens is 2. The molecule has 18 heavy (non-hydrogen) atoms. The Balaban J connectivity index is 1.97. The molecule has 1 heterocycles. The molecule has 3 N–H and O–H groups in total. The molecule has 0 amide bonds. The highest BCUT2D eigenvalue weighted by Crippen LogP contribution is 2.23. The number of likely N-dealkylation sites (tertiary alicyclic amines) is 1. The summed E-state index contributed by atoms with van der Waals surface area (Å²) in [5.74, 6) is -1.33. The molecule has 1 atom stereocenters. The van der Waals surface area contributed by atoms with Crippen LogP contribution in [0.1, 0.15) is 19.8 Å². The molecule has 1 aliphatic rings. The molecule has 0 radical (unpaired) electrons. The molecule has 0 aromatic heterocycles. The average Bonchev–Trinajstić information content (AvgIpc) is 2.85. The van der Waals surface area contributed by atoms with Crippen molar-refractivity contribution in [1.29, 1.82) is 0 Å². The maximum atomic E-state index is 13.2. The van der Waals surface area contributed by atoms with Gasteiger partial charge in [-0.15, -0.1) is 0 Å². The lowest BCUT2D eigenvalue weighted by molar-refractivity contribution is 0.269. The van der Waals surface area contributed by atoms with Gasteiger partial charge >= 0.3 is 0 Å². The highest BCUT2D eigenvalue weighted by Gasteiger charge is 2.18. The highest BCUT2D eigenvalue weighted by atomic mass is 19.1. The summed E-state index contributed by atoms with van der Waals surface area (Å²) in [5.41, 5.74) is 5.88. The van der Waals surface area contributed by atoms with Gasteiger partial charge in [-0.2, -0.15) is 0 Å². The molecule has 1 unspecified atom stereocenters. The smallest absolute Gasteiger partial charge is 0.151 e. The van der Waals surface area contributed by atoms with Crippen molar-refractivity contribution in [2.24, 2.45) is 0 Å². The zero-order chi connectivity index (χ0) is 13.1. The van der Waals surface area contributed by atoms with Gasteiger partial charge in [0.15, 0.2) is 5.82 Å². The van der Waals surface area contributed by atoms with Crippen LogP contribution in [0.5, 0.6) is 0 Å². The third-order valence-electron chi connectivity index (χ3n) is 3.45. The number of nitrogens with two attached hydrogens (primary N) is 1. The van der Waals surface area contributed by atoms with Crippen LogP contribution in [0.4, 0.5) is 20.2 Å².